The third-order valence-corrected chi connectivity index (χ3v) is 4.35. The minimum absolute atomic E-state index is 0.0787. The normalized spacial score (nSPS) is 11.7. The number of halogens is 4. The molecule has 0 bridgehead atoms. The Morgan fingerprint density at radius 3 is 2.59 bits per heavy atom. The first-order chi connectivity index (χ1) is 13.8. The summed E-state index contributed by atoms with van der Waals surface area (Å²) in [6.45, 7) is 0.0787. The Morgan fingerprint density at radius 1 is 1.17 bits per heavy atom. The lowest BCUT2D eigenvalue weighted by Crippen LogP contribution is -2.23. The van der Waals surface area contributed by atoms with Crippen molar-refractivity contribution in [1.29, 1.82) is 0 Å². The number of rotatable bonds is 4. The molecule has 0 saturated heterocycles. The molecule has 0 fully saturated rings. The fourth-order valence-electron chi connectivity index (χ4n) is 2.73. The fraction of sp³-hybridized carbons (Fsp3) is 0.105. The van der Waals surface area contributed by atoms with Crippen LogP contribution in [-0.4, -0.2) is 20.5 Å². The van der Waals surface area contributed by atoms with Crippen LogP contribution in [0.3, 0.4) is 0 Å². The van der Waals surface area contributed by atoms with Gasteiger partial charge in [-0.2, -0.15) is 18.3 Å². The van der Waals surface area contributed by atoms with Crippen LogP contribution in [0.5, 0.6) is 0 Å². The van der Waals surface area contributed by atoms with Crippen LogP contribution in [0.25, 0.3) is 16.9 Å². The van der Waals surface area contributed by atoms with Crippen molar-refractivity contribution in [3.8, 4) is 11.3 Å². The molecule has 0 saturated carbocycles. The molecule has 10 heteroatoms. The van der Waals surface area contributed by atoms with Gasteiger partial charge in [0, 0.05) is 16.7 Å². The van der Waals surface area contributed by atoms with Crippen molar-refractivity contribution >= 4 is 23.2 Å². The highest BCUT2D eigenvalue weighted by molar-refractivity contribution is 6.30. The van der Waals surface area contributed by atoms with Gasteiger partial charge in [-0.15, -0.1) is 0 Å². The second-order valence-corrected chi connectivity index (χ2v) is 6.53. The standard InChI is InChI=1S/C19H12ClF3N4O2/c20-12-5-3-11(4-6-12)14-8-16(19(21,22)23)27-17(25-14)9-15(26-27)18(28)24-10-13-2-1-7-29-13/h1-9H,10H2,(H,24,28). The maximum absolute atomic E-state index is 13.6. The van der Waals surface area contributed by atoms with Crippen LogP contribution in [0.1, 0.15) is 21.9 Å². The average Bonchev–Trinajstić information content (AvgIpc) is 3.34. The number of benzene rings is 1. The van der Waals surface area contributed by atoms with Gasteiger partial charge in [-0.1, -0.05) is 23.7 Å². The fourth-order valence-corrected chi connectivity index (χ4v) is 2.85. The minimum atomic E-state index is -4.70. The highest BCUT2D eigenvalue weighted by Crippen LogP contribution is 2.32. The zero-order valence-corrected chi connectivity index (χ0v) is 15.3. The lowest BCUT2D eigenvalue weighted by molar-refractivity contribution is -0.142. The predicted octanol–water partition coefficient (Wildman–Crippen LogP) is 4.59. The van der Waals surface area contributed by atoms with Crippen LogP contribution in [0.15, 0.2) is 59.2 Å². The van der Waals surface area contributed by atoms with Crippen molar-refractivity contribution in [1.82, 2.24) is 19.9 Å². The molecule has 3 aromatic heterocycles. The van der Waals surface area contributed by atoms with Gasteiger partial charge in [-0.3, -0.25) is 4.79 Å². The number of carbonyl (C=O) groups is 1. The SMILES string of the molecule is O=C(NCc1ccco1)c1cc2nc(-c3ccc(Cl)cc3)cc(C(F)(F)F)n2n1. The number of hydrogen-bond acceptors (Lipinski definition) is 4. The molecule has 0 atom stereocenters. The van der Waals surface area contributed by atoms with Gasteiger partial charge in [-0.25, -0.2) is 9.50 Å². The van der Waals surface area contributed by atoms with Crippen LogP contribution in [0.2, 0.25) is 5.02 Å². The van der Waals surface area contributed by atoms with Gasteiger partial charge in [0.2, 0.25) is 0 Å². The monoisotopic (exact) mass is 420 g/mol. The summed E-state index contributed by atoms with van der Waals surface area (Å²) in [5.74, 6) is -0.144. The minimum Gasteiger partial charge on any atom is -0.467 e. The largest absolute Gasteiger partial charge is 0.467 e. The predicted molar refractivity (Wildman–Crippen MR) is 98.3 cm³/mol. The van der Waals surface area contributed by atoms with Gasteiger partial charge in [-0.05, 0) is 30.3 Å². The van der Waals surface area contributed by atoms with E-state index in [1.165, 1.54) is 12.3 Å². The number of hydrogen-bond donors (Lipinski definition) is 1. The molecule has 3 heterocycles. The number of nitrogens with zero attached hydrogens (tertiary/aromatic N) is 3. The molecule has 1 aromatic carbocycles. The van der Waals surface area contributed by atoms with Crippen molar-refractivity contribution in [3.63, 3.8) is 0 Å². The van der Waals surface area contributed by atoms with Crippen molar-refractivity contribution < 1.29 is 22.4 Å². The van der Waals surface area contributed by atoms with Gasteiger partial charge in [0.15, 0.2) is 17.0 Å². The van der Waals surface area contributed by atoms with Crippen LogP contribution in [0.4, 0.5) is 13.2 Å². The maximum Gasteiger partial charge on any atom is 0.433 e. The molecular weight excluding hydrogens is 409 g/mol. The molecule has 0 aliphatic carbocycles. The Morgan fingerprint density at radius 2 is 1.93 bits per heavy atom. The van der Waals surface area contributed by atoms with Gasteiger partial charge >= 0.3 is 6.18 Å². The van der Waals surface area contributed by atoms with E-state index in [9.17, 15) is 18.0 Å². The molecule has 0 radical (unpaired) electrons. The van der Waals surface area contributed by atoms with E-state index in [-0.39, 0.29) is 23.6 Å². The van der Waals surface area contributed by atoms with E-state index in [1.54, 1.807) is 36.4 Å². The van der Waals surface area contributed by atoms with Crippen LogP contribution >= 0.6 is 11.6 Å². The first-order valence-corrected chi connectivity index (χ1v) is 8.73. The van der Waals surface area contributed by atoms with Crippen LogP contribution in [0, 0.1) is 0 Å². The highest BCUT2D eigenvalue weighted by Gasteiger charge is 2.35. The molecule has 0 aliphatic heterocycles. The first kappa shape index (κ1) is 19.0. The summed E-state index contributed by atoms with van der Waals surface area (Å²) < 4.78 is 46.5. The molecule has 4 aromatic rings. The molecule has 4 rings (SSSR count). The lowest BCUT2D eigenvalue weighted by Gasteiger charge is -2.11. The van der Waals surface area contributed by atoms with Crippen molar-refractivity contribution in [2.24, 2.45) is 0 Å². The molecule has 0 spiro atoms. The quantitative estimate of drug-likeness (QED) is 0.524. The Bertz CT molecular complexity index is 1170. The van der Waals surface area contributed by atoms with Gasteiger partial charge in [0.1, 0.15) is 5.76 Å². The van der Waals surface area contributed by atoms with E-state index in [2.05, 4.69) is 15.4 Å². The molecule has 1 N–H and O–H groups in total. The van der Waals surface area contributed by atoms with Gasteiger partial charge < -0.3 is 9.73 Å². The number of carbonyl (C=O) groups excluding carboxylic acids is 1. The molecule has 1 amide bonds. The molecule has 29 heavy (non-hydrogen) atoms. The lowest BCUT2D eigenvalue weighted by atomic mass is 10.1. The number of furan rings is 1. The smallest absolute Gasteiger partial charge is 0.433 e. The molecule has 148 valence electrons. The number of amides is 1. The maximum atomic E-state index is 13.6. The summed E-state index contributed by atoms with van der Waals surface area (Å²) >= 11 is 5.84. The Balaban J connectivity index is 1.73. The van der Waals surface area contributed by atoms with E-state index in [0.717, 1.165) is 6.07 Å². The van der Waals surface area contributed by atoms with Gasteiger partial charge in [0.25, 0.3) is 5.91 Å². The zero-order chi connectivity index (χ0) is 20.6. The Hall–Kier alpha value is -3.33. The summed E-state index contributed by atoms with van der Waals surface area (Å²) in [7, 11) is 0. The zero-order valence-electron chi connectivity index (χ0n) is 14.6. The second-order valence-electron chi connectivity index (χ2n) is 6.09. The van der Waals surface area contributed by atoms with E-state index in [1.807, 2.05) is 0 Å². The Labute approximate surface area is 166 Å². The van der Waals surface area contributed by atoms with Crippen LogP contribution < -0.4 is 5.32 Å². The van der Waals surface area contributed by atoms with E-state index >= 15 is 0 Å². The topological polar surface area (TPSA) is 72.4 Å². The number of aromatic nitrogens is 3. The Kier molecular flexibility index (Phi) is 4.75. The summed E-state index contributed by atoms with van der Waals surface area (Å²) in [4.78, 5) is 16.5. The van der Waals surface area contributed by atoms with E-state index < -0.39 is 17.8 Å². The van der Waals surface area contributed by atoms with Gasteiger partial charge in [0.05, 0.1) is 18.5 Å². The first-order valence-electron chi connectivity index (χ1n) is 8.36. The number of alkyl halides is 3. The summed E-state index contributed by atoms with van der Waals surface area (Å²) in [6, 6.07) is 11.6. The third kappa shape index (κ3) is 3.95. The molecule has 6 nitrogen and oxygen atoms in total. The molecule has 0 unspecified atom stereocenters. The van der Waals surface area contributed by atoms with Crippen molar-refractivity contribution in [3.05, 3.63) is 77.0 Å². The highest BCUT2D eigenvalue weighted by atomic mass is 35.5. The average molecular weight is 421 g/mol. The summed E-state index contributed by atoms with van der Waals surface area (Å²) in [5.41, 5.74) is -0.801. The van der Waals surface area contributed by atoms with Crippen molar-refractivity contribution in [2.75, 3.05) is 0 Å². The molecule has 0 aliphatic rings. The summed E-state index contributed by atoms with van der Waals surface area (Å²) in [6.07, 6.45) is -3.25. The van der Waals surface area contributed by atoms with E-state index in [4.69, 9.17) is 16.0 Å². The number of fused-ring (bicyclic) bond motifs is 1. The third-order valence-electron chi connectivity index (χ3n) is 4.09. The van der Waals surface area contributed by atoms with Crippen molar-refractivity contribution in [2.45, 2.75) is 12.7 Å². The molecular formula is C19H12ClF3N4O2. The van der Waals surface area contributed by atoms with Crippen LogP contribution in [-0.2, 0) is 12.7 Å². The number of nitrogens with one attached hydrogen (secondary N) is 1. The van der Waals surface area contributed by atoms with E-state index in [0.29, 0.717) is 20.9 Å². The summed E-state index contributed by atoms with van der Waals surface area (Å²) in [5, 5.41) is 6.79. The second kappa shape index (κ2) is 7.25.